The van der Waals surface area contributed by atoms with Gasteiger partial charge in [-0.05, 0) is 12.1 Å². The third-order valence-electron chi connectivity index (χ3n) is 5.72. The molecule has 0 aliphatic carbocycles. The molecule has 1 aromatic carbocycles. The number of likely N-dealkylation sites (N-methyl/N-ethyl adjacent to an activating group) is 1. The van der Waals surface area contributed by atoms with E-state index in [2.05, 4.69) is 21.7 Å². The summed E-state index contributed by atoms with van der Waals surface area (Å²) < 4.78 is 0. The average Bonchev–Trinajstić information content (AvgIpc) is 3.09. The van der Waals surface area contributed by atoms with Gasteiger partial charge in [-0.15, -0.1) is 0 Å². The van der Waals surface area contributed by atoms with Gasteiger partial charge in [-0.2, -0.15) is 0 Å². The van der Waals surface area contributed by atoms with Crippen molar-refractivity contribution in [2.45, 2.75) is 25.8 Å². The number of aromatic amines is 1. The minimum absolute atomic E-state index is 0.0332. The molecular weight excluding hydrogens is 354 g/mol. The minimum Gasteiger partial charge on any atom is -0.340 e. The van der Waals surface area contributed by atoms with Gasteiger partial charge in [-0.25, -0.2) is 4.98 Å². The van der Waals surface area contributed by atoms with Crippen LogP contribution in [0.25, 0.3) is 0 Å². The van der Waals surface area contributed by atoms with Crippen molar-refractivity contribution in [1.82, 2.24) is 19.8 Å². The van der Waals surface area contributed by atoms with Gasteiger partial charge in [0.15, 0.2) is 0 Å². The molecule has 7 heteroatoms. The molecule has 148 valence electrons. The van der Waals surface area contributed by atoms with Gasteiger partial charge in [0.2, 0.25) is 11.9 Å². The van der Waals surface area contributed by atoms with E-state index in [4.69, 9.17) is 4.98 Å². The van der Waals surface area contributed by atoms with Crippen LogP contribution in [0.15, 0.2) is 41.2 Å². The highest BCUT2D eigenvalue weighted by molar-refractivity contribution is 5.79. The summed E-state index contributed by atoms with van der Waals surface area (Å²) in [6.45, 7) is 8.05. The highest BCUT2D eigenvalue weighted by Crippen LogP contribution is 2.28. The second kappa shape index (κ2) is 8.14. The van der Waals surface area contributed by atoms with Gasteiger partial charge < -0.3 is 14.7 Å². The molecule has 28 heavy (non-hydrogen) atoms. The van der Waals surface area contributed by atoms with Crippen LogP contribution in [0.5, 0.6) is 0 Å². The second-order valence-corrected chi connectivity index (χ2v) is 7.58. The second-order valence-electron chi connectivity index (χ2n) is 7.58. The average molecular weight is 381 g/mol. The lowest BCUT2D eigenvalue weighted by atomic mass is 10.0. The Bertz CT molecular complexity index is 874. The van der Waals surface area contributed by atoms with Crippen LogP contribution in [0.1, 0.15) is 30.5 Å². The number of nitrogens with one attached hydrogen (secondary N) is 1. The largest absolute Gasteiger partial charge is 0.340 e. The fraction of sp³-hybridized carbons (Fsp3) is 0.476. The first-order valence-corrected chi connectivity index (χ1v) is 10.0. The van der Waals surface area contributed by atoms with Crippen LogP contribution in [0.2, 0.25) is 0 Å². The molecule has 2 saturated heterocycles. The molecule has 1 amide bonds. The third-order valence-corrected chi connectivity index (χ3v) is 5.72. The number of hydrogen-bond acceptors (Lipinski definition) is 5. The smallest absolute Gasteiger partial charge is 0.252 e. The van der Waals surface area contributed by atoms with Crippen LogP contribution >= 0.6 is 0 Å². The zero-order chi connectivity index (χ0) is 19.5. The molecule has 0 spiro atoms. The van der Waals surface area contributed by atoms with Crippen LogP contribution in [0.3, 0.4) is 0 Å². The molecule has 2 aromatic rings. The van der Waals surface area contributed by atoms with Crippen LogP contribution < -0.4 is 10.5 Å². The molecule has 2 aliphatic heterocycles. The zero-order valence-corrected chi connectivity index (χ0v) is 16.3. The standard InChI is InChI=1S/C21H27N5O2/c1-2-24-8-10-25(11-9-24)21-22-18(13-19(27)23-21)17-12-20(28)26(15-17)14-16-6-4-3-5-7-16/h3-7,13,17H,2,8-12,14-15H2,1H3,(H,22,23,27)/t17-/m0/s1. The molecular formula is C21H27N5O2. The zero-order valence-electron chi connectivity index (χ0n) is 16.3. The summed E-state index contributed by atoms with van der Waals surface area (Å²) in [5.74, 6) is 0.718. The van der Waals surface area contributed by atoms with Crippen LogP contribution in [-0.4, -0.2) is 64.9 Å². The lowest BCUT2D eigenvalue weighted by molar-refractivity contribution is -0.128. The van der Waals surface area contributed by atoms with Crippen LogP contribution in [0.4, 0.5) is 5.95 Å². The van der Waals surface area contributed by atoms with E-state index in [1.165, 1.54) is 0 Å². The van der Waals surface area contributed by atoms with Crippen molar-refractivity contribution in [3.05, 3.63) is 58.0 Å². The first-order chi connectivity index (χ1) is 13.6. The molecule has 3 heterocycles. The summed E-state index contributed by atoms with van der Waals surface area (Å²) in [5.41, 5.74) is 1.69. The predicted octanol–water partition coefficient (Wildman–Crippen LogP) is 1.43. The topological polar surface area (TPSA) is 72.5 Å². The molecule has 0 saturated carbocycles. The van der Waals surface area contributed by atoms with E-state index >= 15 is 0 Å². The molecule has 0 unspecified atom stereocenters. The summed E-state index contributed by atoms with van der Waals surface area (Å²) in [6.07, 6.45) is 0.409. The van der Waals surface area contributed by atoms with Gasteiger partial charge >= 0.3 is 0 Å². The van der Waals surface area contributed by atoms with E-state index in [1.54, 1.807) is 6.07 Å². The van der Waals surface area contributed by atoms with E-state index in [0.29, 0.717) is 25.5 Å². The first-order valence-electron chi connectivity index (χ1n) is 10.0. The van der Waals surface area contributed by atoms with E-state index < -0.39 is 0 Å². The number of anilines is 1. The third kappa shape index (κ3) is 4.09. The molecule has 1 N–H and O–H groups in total. The van der Waals surface area contributed by atoms with Crippen molar-refractivity contribution in [2.75, 3.05) is 44.2 Å². The number of hydrogen-bond donors (Lipinski definition) is 1. The molecule has 2 aliphatic rings. The highest BCUT2D eigenvalue weighted by Gasteiger charge is 2.32. The lowest BCUT2D eigenvalue weighted by Crippen LogP contribution is -2.47. The molecule has 2 fully saturated rings. The van der Waals surface area contributed by atoms with Gasteiger partial charge in [-0.3, -0.25) is 14.6 Å². The van der Waals surface area contributed by atoms with Crippen molar-refractivity contribution >= 4 is 11.9 Å². The number of H-pyrrole nitrogens is 1. The molecule has 0 bridgehead atoms. The Hall–Kier alpha value is -2.67. The number of likely N-dealkylation sites (tertiary alicyclic amines) is 1. The predicted molar refractivity (Wildman–Crippen MR) is 108 cm³/mol. The Morgan fingerprint density at radius 2 is 1.86 bits per heavy atom. The lowest BCUT2D eigenvalue weighted by Gasteiger charge is -2.34. The number of aromatic nitrogens is 2. The van der Waals surface area contributed by atoms with Crippen molar-refractivity contribution in [3.63, 3.8) is 0 Å². The monoisotopic (exact) mass is 381 g/mol. The maximum absolute atomic E-state index is 12.5. The van der Waals surface area contributed by atoms with Crippen LogP contribution in [-0.2, 0) is 11.3 Å². The number of nitrogens with zero attached hydrogens (tertiary/aromatic N) is 4. The Morgan fingerprint density at radius 1 is 1.11 bits per heavy atom. The maximum atomic E-state index is 12.5. The molecule has 1 aromatic heterocycles. The summed E-state index contributed by atoms with van der Waals surface area (Å²) in [7, 11) is 0. The Kier molecular flexibility index (Phi) is 5.43. The van der Waals surface area contributed by atoms with Gasteiger partial charge in [0, 0.05) is 57.7 Å². The number of rotatable bonds is 5. The van der Waals surface area contributed by atoms with Crippen LogP contribution in [0, 0.1) is 0 Å². The highest BCUT2D eigenvalue weighted by atomic mass is 16.2. The summed E-state index contributed by atoms with van der Waals surface area (Å²) in [6, 6.07) is 11.5. The molecule has 7 nitrogen and oxygen atoms in total. The van der Waals surface area contributed by atoms with E-state index in [9.17, 15) is 9.59 Å². The Morgan fingerprint density at radius 3 is 2.57 bits per heavy atom. The number of benzene rings is 1. The SMILES string of the molecule is CCN1CCN(c2nc([C@H]3CC(=O)N(Cc4ccccc4)C3)cc(=O)[nH]2)CC1. The van der Waals surface area contributed by atoms with Gasteiger partial charge in [0.1, 0.15) is 0 Å². The fourth-order valence-electron chi connectivity index (χ4n) is 4.02. The van der Waals surface area contributed by atoms with Crippen molar-refractivity contribution in [2.24, 2.45) is 0 Å². The molecule has 4 rings (SSSR count). The number of carbonyl (C=O) groups excluding carboxylic acids is 1. The van der Waals surface area contributed by atoms with Crippen molar-refractivity contribution < 1.29 is 4.79 Å². The minimum atomic E-state index is -0.146. The van der Waals surface area contributed by atoms with Gasteiger partial charge in [0.05, 0.1) is 5.69 Å². The Labute approximate surface area is 165 Å². The first kappa shape index (κ1) is 18.7. The van der Waals surface area contributed by atoms with Crippen molar-refractivity contribution in [3.8, 4) is 0 Å². The van der Waals surface area contributed by atoms with E-state index in [-0.39, 0.29) is 17.4 Å². The summed E-state index contributed by atoms with van der Waals surface area (Å²) in [4.78, 5) is 38.8. The summed E-state index contributed by atoms with van der Waals surface area (Å²) in [5, 5.41) is 0. The normalized spacial score (nSPS) is 20.8. The number of carbonyl (C=O) groups is 1. The quantitative estimate of drug-likeness (QED) is 0.848. The fourth-order valence-corrected chi connectivity index (χ4v) is 4.02. The van der Waals surface area contributed by atoms with Gasteiger partial charge in [-0.1, -0.05) is 37.3 Å². The maximum Gasteiger partial charge on any atom is 0.252 e. The summed E-state index contributed by atoms with van der Waals surface area (Å²) >= 11 is 0. The van der Waals surface area contributed by atoms with Crippen molar-refractivity contribution in [1.29, 1.82) is 0 Å². The number of piperazine rings is 1. The molecule has 0 radical (unpaired) electrons. The molecule has 1 atom stereocenters. The number of amides is 1. The Balaban J connectivity index is 1.48. The van der Waals surface area contributed by atoms with Gasteiger partial charge in [0.25, 0.3) is 5.56 Å². The van der Waals surface area contributed by atoms with E-state index in [0.717, 1.165) is 44.0 Å². The van der Waals surface area contributed by atoms with E-state index in [1.807, 2.05) is 35.2 Å².